The van der Waals surface area contributed by atoms with Crippen molar-refractivity contribution in [3.63, 3.8) is 0 Å². The fourth-order valence-electron chi connectivity index (χ4n) is 2.42. The Morgan fingerprint density at radius 1 is 1.33 bits per heavy atom. The van der Waals surface area contributed by atoms with Gasteiger partial charge in [0.1, 0.15) is 0 Å². The summed E-state index contributed by atoms with van der Waals surface area (Å²) in [6.45, 7) is 1.24. The first-order valence-electron chi connectivity index (χ1n) is 6.05. The maximum absolute atomic E-state index is 12.2. The minimum Gasteiger partial charge on any atom is -0.336 e. The Morgan fingerprint density at radius 3 is 2.72 bits per heavy atom. The van der Waals surface area contributed by atoms with E-state index in [1.165, 1.54) is 0 Å². The minimum atomic E-state index is -0.601. The van der Waals surface area contributed by atoms with Gasteiger partial charge in [0.05, 0.1) is 5.54 Å². The first kappa shape index (κ1) is 12.3. The van der Waals surface area contributed by atoms with Gasteiger partial charge in [-0.25, -0.2) is 0 Å². The second-order valence-electron chi connectivity index (χ2n) is 5.16. The molecule has 1 aliphatic heterocycles. The first-order chi connectivity index (χ1) is 8.49. The predicted octanol–water partition coefficient (Wildman–Crippen LogP) is 2.37. The Balaban J connectivity index is 1.87. The van der Waals surface area contributed by atoms with Crippen LogP contribution in [-0.4, -0.2) is 22.9 Å². The molecular formula is C13H14Cl2N2O. The van der Waals surface area contributed by atoms with Crippen molar-refractivity contribution in [1.29, 1.82) is 0 Å². The van der Waals surface area contributed by atoms with Crippen molar-refractivity contribution in [2.24, 2.45) is 5.73 Å². The van der Waals surface area contributed by atoms with Gasteiger partial charge < -0.3 is 10.6 Å². The normalized spacial score (nSPS) is 20.5. The highest BCUT2D eigenvalue weighted by Crippen LogP contribution is 2.37. The van der Waals surface area contributed by atoms with Crippen LogP contribution in [0, 0.1) is 0 Å². The number of nitrogens with two attached hydrogens (primary N) is 1. The summed E-state index contributed by atoms with van der Waals surface area (Å²) in [5, 5.41) is 1.29. The highest BCUT2D eigenvalue weighted by Gasteiger charge is 2.48. The predicted molar refractivity (Wildman–Crippen MR) is 71.7 cm³/mol. The second kappa shape index (κ2) is 4.12. The zero-order valence-electron chi connectivity index (χ0n) is 9.88. The van der Waals surface area contributed by atoms with Gasteiger partial charge in [-0.3, -0.25) is 4.79 Å². The number of rotatable bonds is 1. The summed E-state index contributed by atoms with van der Waals surface area (Å²) in [4.78, 5) is 14.0. The summed E-state index contributed by atoms with van der Waals surface area (Å²) < 4.78 is 0. The molecule has 1 saturated carbocycles. The van der Waals surface area contributed by atoms with E-state index in [-0.39, 0.29) is 5.91 Å². The topological polar surface area (TPSA) is 46.3 Å². The van der Waals surface area contributed by atoms with E-state index < -0.39 is 5.54 Å². The highest BCUT2D eigenvalue weighted by atomic mass is 35.5. The number of hydrogen-bond acceptors (Lipinski definition) is 2. The number of amides is 1. The number of hydrogen-bond donors (Lipinski definition) is 1. The second-order valence-corrected chi connectivity index (χ2v) is 6.00. The van der Waals surface area contributed by atoms with Crippen molar-refractivity contribution in [1.82, 2.24) is 4.90 Å². The Labute approximate surface area is 116 Å². The summed E-state index contributed by atoms with van der Waals surface area (Å²) in [5.74, 6) is 0.0548. The summed E-state index contributed by atoms with van der Waals surface area (Å²) in [7, 11) is 0. The summed E-state index contributed by atoms with van der Waals surface area (Å²) in [6.07, 6.45) is 2.38. The lowest BCUT2D eigenvalue weighted by molar-refractivity contribution is -0.134. The number of fused-ring (bicyclic) bond motifs is 1. The fourth-order valence-corrected chi connectivity index (χ4v) is 3.01. The molecule has 1 amide bonds. The summed E-state index contributed by atoms with van der Waals surface area (Å²) in [6, 6.07) is 3.66. The van der Waals surface area contributed by atoms with E-state index in [1.54, 1.807) is 6.07 Å². The van der Waals surface area contributed by atoms with Crippen LogP contribution in [0.5, 0.6) is 0 Å². The molecule has 2 N–H and O–H groups in total. The molecule has 96 valence electrons. The molecule has 18 heavy (non-hydrogen) atoms. The summed E-state index contributed by atoms with van der Waals surface area (Å²) >= 11 is 12.2. The van der Waals surface area contributed by atoms with Crippen LogP contribution in [0.3, 0.4) is 0 Å². The van der Waals surface area contributed by atoms with Crippen LogP contribution in [0.2, 0.25) is 10.0 Å². The van der Waals surface area contributed by atoms with Crippen LogP contribution in [0.1, 0.15) is 24.0 Å². The van der Waals surface area contributed by atoms with Gasteiger partial charge >= 0.3 is 0 Å². The molecule has 0 aromatic heterocycles. The first-order valence-corrected chi connectivity index (χ1v) is 6.80. The highest BCUT2D eigenvalue weighted by molar-refractivity contribution is 6.35. The third kappa shape index (κ3) is 2.00. The molecule has 0 atom stereocenters. The monoisotopic (exact) mass is 284 g/mol. The Morgan fingerprint density at radius 2 is 2.06 bits per heavy atom. The van der Waals surface area contributed by atoms with Crippen molar-refractivity contribution in [2.45, 2.75) is 31.3 Å². The average molecular weight is 285 g/mol. The van der Waals surface area contributed by atoms with E-state index in [0.29, 0.717) is 23.1 Å². The molecular weight excluding hydrogens is 271 g/mol. The van der Waals surface area contributed by atoms with E-state index in [1.807, 2.05) is 11.0 Å². The van der Waals surface area contributed by atoms with Crippen molar-refractivity contribution >= 4 is 29.1 Å². The molecule has 0 unspecified atom stereocenters. The molecule has 0 spiro atoms. The number of halogens is 2. The zero-order chi connectivity index (χ0) is 12.9. The molecule has 1 aliphatic carbocycles. The molecule has 2 aliphatic rings. The van der Waals surface area contributed by atoms with Gasteiger partial charge in [0.15, 0.2) is 0 Å². The number of carbonyl (C=O) groups excluding carboxylic acids is 1. The molecule has 1 aromatic carbocycles. The molecule has 0 radical (unpaired) electrons. The molecule has 0 bridgehead atoms. The van der Waals surface area contributed by atoms with Crippen molar-refractivity contribution < 1.29 is 4.79 Å². The van der Waals surface area contributed by atoms with Crippen LogP contribution >= 0.6 is 23.2 Å². The molecule has 1 fully saturated rings. The molecule has 3 nitrogen and oxygen atoms in total. The van der Waals surface area contributed by atoms with Crippen LogP contribution in [0.25, 0.3) is 0 Å². The smallest absolute Gasteiger partial charge is 0.242 e. The van der Waals surface area contributed by atoms with Gasteiger partial charge in [-0.1, -0.05) is 23.2 Å². The lowest BCUT2D eigenvalue weighted by atomic mass is 9.99. The van der Waals surface area contributed by atoms with E-state index in [0.717, 1.165) is 30.4 Å². The van der Waals surface area contributed by atoms with Gasteiger partial charge in [0, 0.05) is 23.1 Å². The number of benzene rings is 1. The number of carbonyl (C=O) groups is 1. The average Bonchev–Trinajstić information content (AvgIpc) is 3.07. The maximum atomic E-state index is 12.2. The van der Waals surface area contributed by atoms with Crippen LogP contribution < -0.4 is 5.73 Å². The lowest BCUT2D eigenvalue weighted by Crippen LogP contribution is -2.47. The van der Waals surface area contributed by atoms with Gasteiger partial charge in [0.2, 0.25) is 5.91 Å². The van der Waals surface area contributed by atoms with E-state index in [9.17, 15) is 4.79 Å². The molecule has 3 rings (SSSR count). The van der Waals surface area contributed by atoms with Crippen LogP contribution in [-0.2, 0) is 17.8 Å². The van der Waals surface area contributed by atoms with Gasteiger partial charge in [-0.15, -0.1) is 0 Å². The Hall–Kier alpha value is -0.770. The summed E-state index contributed by atoms with van der Waals surface area (Å²) in [5.41, 5.74) is 7.50. The van der Waals surface area contributed by atoms with Gasteiger partial charge in [0.25, 0.3) is 0 Å². The third-order valence-corrected chi connectivity index (χ3v) is 4.31. The van der Waals surface area contributed by atoms with E-state index >= 15 is 0 Å². The Kier molecular flexibility index (Phi) is 2.81. The van der Waals surface area contributed by atoms with E-state index in [2.05, 4.69) is 0 Å². The maximum Gasteiger partial charge on any atom is 0.242 e. The zero-order valence-corrected chi connectivity index (χ0v) is 11.4. The fraction of sp³-hybridized carbons (Fsp3) is 0.462. The van der Waals surface area contributed by atoms with Crippen molar-refractivity contribution in [3.05, 3.63) is 33.3 Å². The minimum absolute atomic E-state index is 0.0548. The van der Waals surface area contributed by atoms with Crippen LogP contribution in [0.15, 0.2) is 12.1 Å². The van der Waals surface area contributed by atoms with Gasteiger partial charge in [-0.2, -0.15) is 0 Å². The molecule has 1 heterocycles. The standard InChI is InChI=1S/C13H14Cl2N2O/c14-9-5-8-1-4-17(7-10(8)11(15)6-9)12(18)13(16)2-3-13/h5-6H,1-4,7,16H2. The molecule has 0 saturated heterocycles. The quantitative estimate of drug-likeness (QED) is 0.861. The largest absolute Gasteiger partial charge is 0.336 e. The van der Waals surface area contributed by atoms with Crippen LogP contribution in [0.4, 0.5) is 0 Å². The SMILES string of the molecule is NC1(C(=O)N2CCc3cc(Cl)cc(Cl)c3C2)CC1. The van der Waals surface area contributed by atoms with Crippen molar-refractivity contribution in [3.8, 4) is 0 Å². The van der Waals surface area contributed by atoms with E-state index in [4.69, 9.17) is 28.9 Å². The molecule has 5 heteroatoms. The Bertz CT molecular complexity index is 526. The molecule has 1 aromatic rings. The lowest BCUT2D eigenvalue weighted by Gasteiger charge is -2.31. The third-order valence-electron chi connectivity index (χ3n) is 3.75. The number of nitrogens with zero attached hydrogens (tertiary/aromatic N) is 1. The van der Waals surface area contributed by atoms with Crippen molar-refractivity contribution in [2.75, 3.05) is 6.54 Å². The van der Waals surface area contributed by atoms with Gasteiger partial charge in [-0.05, 0) is 42.5 Å².